The quantitative estimate of drug-likeness (QED) is 0.488. The molecule has 0 aliphatic rings. The molecule has 0 aromatic carbocycles. The average Bonchev–Trinajstić information content (AvgIpc) is 2.11. The molecule has 0 saturated carbocycles. The van der Waals surface area contributed by atoms with Crippen molar-refractivity contribution in [2.45, 2.75) is 73.6 Å². The zero-order valence-corrected chi connectivity index (χ0v) is 11.2. The summed E-state index contributed by atoms with van der Waals surface area (Å²) in [6.07, 6.45) is 6.95. The van der Waals surface area contributed by atoms with E-state index >= 15 is 0 Å². The summed E-state index contributed by atoms with van der Waals surface area (Å²) in [5.74, 6) is 1.75. The Kier molecular flexibility index (Phi) is 6.48. The maximum atomic E-state index is 2.42. The molecule has 1 atom stereocenters. The molecule has 0 aromatic heterocycles. The lowest BCUT2D eigenvalue weighted by Crippen LogP contribution is -2.20. The molecule has 86 valence electrons. The fraction of sp³-hybridized carbons (Fsp3) is 1.00. The molecule has 0 aliphatic heterocycles. The molecule has 0 bridgehead atoms. The largest absolute Gasteiger partial charge is 0.0649 e. The van der Waals surface area contributed by atoms with Crippen LogP contribution in [0.5, 0.6) is 0 Å². The van der Waals surface area contributed by atoms with Gasteiger partial charge < -0.3 is 0 Å². The first-order chi connectivity index (χ1) is 6.40. The maximum absolute atomic E-state index is 2.42. The molecule has 0 heterocycles. The van der Waals surface area contributed by atoms with E-state index in [2.05, 4.69) is 41.5 Å². The smallest absolute Gasteiger partial charge is 0.0331 e. The summed E-state index contributed by atoms with van der Waals surface area (Å²) in [5.41, 5.74) is 0.540. The highest BCUT2D eigenvalue weighted by molar-refractivity contribution is 4.73. The summed E-state index contributed by atoms with van der Waals surface area (Å²) >= 11 is 0. The van der Waals surface area contributed by atoms with Crippen molar-refractivity contribution in [2.75, 3.05) is 0 Å². The number of hydrogen-bond acceptors (Lipinski definition) is 0. The Morgan fingerprint density at radius 1 is 0.929 bits per heavy atom. The van der Waals surface area contributed by atoms with Gasteiger partial charge in [0.2, 0.25) is 0 Å². The van der Waals surface area contributed by atoms with E-state index in [0.29, 0.717) is 5.41 Å². The zero-order valence-electron chi connectivity index (χ0n) is 11.2. The second-order valence-corrected chi connectivity index (χ2v) is 5.92. The number of rotatable bonds is 7. The lowest BCUT2D eigenvalue weighted by atomic mass is 9.75. The SMILES string of the molecule is CCC(C)(C)C(C)CCCCC(C)C. The third-order valence-electron chi connectivity index (χ3n) is 3.91. The highest BCUT2D eigenvalue weighted by Crippen LogP contribution is 2.33. The van der Waals surface area contributed by atoms with E-state index in [9.17, 15) is 0 Å². The van der Waals surface area contributed by atoms with E-state index in [0.717, 1.165) is 11.8 Å². The van der Waals surface area contributed by atoms with Crippen LogP contribution in [-0.4, -0.2) is 0 Å². The Hall–Kier alpha value is 0. The molecule has 0 nitrogen and oxygen atoms in total. The van der Waals surface area contributed by atoms with Crippen LogP contribution in [0.1, 0.15) is 73.6 Å². The zero-order chi connectivity index (χ0) is 11.2. The summed E-state index contributed by atoms with van der Waals surface area (Å²) in [5, 5.41) is 0. The van der Waals surface area contributed by atoms with Gasteiger partial charge in [0.15, 0.2) is 0 Å². The van der Waals surface area contributed by atoms with Crippen molar-refractivity contribution >= 4 is 0 Å². The van der Waals surface area contributed by atoms with Crippen LogP contribution < -0.4 is 0 Å². The third kappa shape index (κ3) is 5.67. The normalized spacial score (nSPS) is 14.8. The molecular formula is C14H30. The van der Waals surface area contributed by atoms with Crippen LogP contribution in [0.15, 0.2) is 0 Å². The van der Waals surface area contributed by atoms with Crippen LogP contribution in [0.4, 0.5) is 0 Å². The van der Waals surface area contributed by atoms with Gasteiger partial charge in [0.1, 0.15) is 0 Å². The van der Waals surface area contributed by atoms with Gasteiger partial charge in [-0.25, -0.2) is 0 Å². The second kappa shape index (κ2) is 6.48. The van der Waals surface area contributed by atoms with Gasteiger partial charge in [-0.05, 0) is 17.3 Å². The van der Waals surface area contributed by atoms with E-state index in [4.69, 9.17) is 0 Å². The Bertz CT molecular complexity index is 133. The molecule has 0 N–H and O–H groups in total. The van der Waals surface area contributed by atoms with Crippen LogP contribution >= 0.6 is 0 Å². The van der Waals surface area contributed by atoms with Crippen LogP contribution in [0.25, 0.3) is 0 Å². The van der Waals surface area contributed by atoms with Crippen molar-refractivity contribution in [2.24, 2.45) is 17.3 Å². The first kappa shape index (κ1) is 14.0. The molecule has 0 amide bonds. The Morgan fingerprint density at radius 2 is 1.43 bits per heavy atom. The van der Waals surface area contributed by atoms with Gasteiger partial charge >= 0.3 is 0 Å². The molecule has 14 heavy (non-hydrogen) atoms. The first-order valence-corrected chi connectivity index (χ1v) is 6.40. The molecule has 0 rings (SSSR count). The van der Waals surface area contributed by atoms with Crippen molar-refractivity contribution < 1.29 is 0 Å². The molecule has 0 radical (unpaired) electrons. The van der Waals surface area contributed by atoms with Crippen LogP contribution in [0, 0.1) is 17.3 Å². The van der Waals surface area contributed by atoms with Crippen molar-refractivity contribution in [1.82, 2.24) is 0 Å². The Labute approximate surface area is 91.5 Å². The van der Waals surface area contributed by atoms with Gasteiger partial charge in [-0.15, -0.1) is 0 Å². The lowest BCUT2D eigenvalue weighted by Gasteiger charge is -2.30. The number of hydrogen-bond donors (Lipinski definition) is 0. The summed E-state index contributed by atoms with van der Waals surface area (Å²) in [4.78, 5) is 0. The molecule has 0 heteroatoms. The maximum Gasteiger partial charge on any atom is -0.0331 e. The predicted molar refractivity (Wildman–Crippen MR) is 66.5 cm³/mol. The van der Waals surface area contributed by atoms with Gasteiger partial charge in [-0.1, -0.05) is 73.6 Å². The predicted octanol–water partition coefficient (Wildman–Crippen LogP) is 5.28. The second-order valence-electron chi connectivity index (χ2n) is 5.92. The lowest BCUT2D eigenvalue weighted by molar-refractivity contribution is 0.204. The van der Waals surface area contributed by atoms with Gasteiger partial charge in [0, 0.05) is 0 Å². The summed E-state index contributed by atoms with van der Waals surface area (Å²) in [6.45, 7) is 14.2. The monoisotopic (exact) mass is 198 g/mol. The fourth-order valence-corrected chi connectivity index (χ4v) is 1.74. The molecule has 0 aromatic rings. The molecule has 0 saturated heterocycles. The van der Waals surface area contributed by atoms with E-state index in [1.165, 1.54) is 32.1 Å². The molecular weight excluding hydrogens is 168 g/mol. The number of unbranched alkanes of at least 4 members (excludes halogenated alkanes) is 1. The Balaban J connectivity index is 3.59. The third-order valence-corrected chi connectivity index (χ3v) is 3.91. The standard InChI is InChI=1S/C14H30/c1-7-14(5,6)13(4)11-9-8-10-12(2)3/h12-13H,7-11H2,1-6H3. The minimum absolute atomic E-state index is 0.540. The van der Waals surface area contributed by atoms with Gasteiger partial charge in [-0.3, -0.25) is 0 Å². The molecule has 0 spiro atoms. The van der Waals surface area contributed by atoms with E-state index in [-0.39, 0.29) is 0 Å². The van der Waals surface area contributed by atoms with Gasteiger partial charge in [0.05, 0.1) is 0 Å². The highest BCUT2D eigenvalue weighted by Gasteiger charge is 2.22. The minimum atomic E-state index is 0.540. The summed E-state index contributed by atoms with van der Waals surface area (Å²) in [7, 11) is 0. The van der Waals surface area contributed by atoms with Crippen LogP contribution in [0.3, 0.4) is 0 Å². The average molecular weight is 198 g/mol. The van der Waals surface area contributed by atoms with Crippen LogP contribution in [0.2, 0.25) is 0 Å². The first-order valence-electron chi connectivity index (χ1n) is 6.40. The summed E-state index contributed by atoms with van der Waals surface area (Å²) < 4.78 is 0. The fourth-order valence-electron chi connectivity index (χ4n) is 1.74. The van der Waals surface area contributed by atoms with E-state index < -0.39 is 0 Å². The van der Waals surface area contributed by atoms with Gasteiger partial charge in [0.25, 0.3) is 0 Å². The summed E-state index contributed by atoms with van der Waals surface area (Å²) in [6, 6.07) is 0. The minimum Gasteiger partial charge on any atom is -0.0649 e. The van der Waals surface area contributed by atoms with Crippen molar-refractivity contribution in [1.29, 1.82) is 0 Å². The van der Waals surface area contributed by atoms with Crippen molar-refractivity contribution in [3.63, 3.8) is 0 Å². The highest BCUT2D eigenvalue weighted by atomic mass is 14.3. The Morgan fingerprint density at radius 3 is 1.86 bits per heavy atom. The van der Waals surface area contributed by atoms with E-state index in [1.54, 1.807) is 0 Å². The van der Waals surface area contributed by atoms with Crippen LogP contribution in [-0.2, 0) is 0 Å². The van der Waals surface area contributed by atoms with Crippen molar-refractivity contribution in [3.8, 4) is 0 Å². The topological polar surface area (TPSA) is 0 Å². The molecule has 0 aliphatic carbocycles. The van der Waals surface area contributed by atoms with E-state index in [1.807, 2.05) is 0 Å². The molecule has 0 fully saturated rings. The van der Waals surface area contributed by atoms with Crippen molar-refractivity contribution in [3.05, 3.63) is 0 Å². The van der Waals surface area contributed by atoms with Gasteiger partial charge in [-0.2, -0.15) is 0 Å². The molecule has 1 unspecified atom stereocenters.